The normalized spacial score (nSPS) is 18.1. The number of rotatable bonds is 3. The van der Waals surface area contributed by atoms with Crippen LogP contribution in [0.4, 0.5) is 0 Å². The van der Waals surface area contributed by atoms with Gasteiger partial charge in [0.25, 0.3) is 0 Å². The smallest absolute Gasteiger partial charge is 0.0759 e. The van der Waals surface area contributed by atoms with Crippen molar-refractivity contribution in [2.24, 2.45) is 0 Å². The summed E-state index contributed by atoms with van der Waals surface area (Å²) in [6, 6.07) is 26.4. The van der Waals surface area contributed by atoms with E-state index in [1.54, 1.807) is 0 Å². The Bertz CT molecular complexity index is 731. The molecule has 0 bridgehead atoms. The average molecular weight is 288 g/mol. The molecule has 0 aliphatic carbocycles. The van der Waals surface area contributed by atoms with Gasteiger partial charge in [-0.25, -0.2) is 0 Å². The van der Waals surface area contributed by atoms with E-state index in [0.29, 0.717) is 6.04 Å². The van der Waals surface area contributed by atoms with E-state index in [4.69, 9.17) is 0 Å². The molecule has 22 heavy (non-hydrogen) atoms. The van der Waals surface area contributed by atoms with E-state index in [0.717, 1.165) is 19.6 Å². The molecule has 0 fully saturated rings. The lowest BCUT2D eigenvalue weighted by atomic mass is 9.99. The third-order valence-electron chi connectivity index (χ3n) is 4.48. The molecule has 1 aromatic heterocycles. The van der Waals surface area contributed by atoms with Crippen molar-refractivity contribution < 1.29 is 0 Å². The second kappa shape index (κ2) is 5.82. The average Bonchev–Trinajstić information content (AvgIpc) is 3.05. The summed E-state index contributed by atoms with van der Waals surface area (Å²) in [5, 5.41) is 0. The van der Waals surface area contributed by atoms with Crippen LogP contribution in [0.1, 0.15) is 22.9 Å². The van der Waals surface area contributed by atoms with Gasteiger partial charge >= 0.3 is 0 Å². The third-order valence-corrected chi connectivity index (χ3v) is 4.48. The first-order valence-electron chi connectivity index (χ1n) is 7.90. The Kier molecular flexibility index (Phi) is 3.53. The Balaban J connectivity index is 1.71. The van der Waals surface area contributed by atoms with Gasteiger partial charge < -0.3 is 4.57 Å². The molecule has 4 rings (SSSR count). The van der Waals surface area contributed by atoms with Crippen LogP contribution in [-0.2, 0) is 13.1 Å². The highest BCUT2D eigenvalue weighted by atomic mass is 15.2. The van der Waals surface area contributed by atoms with Crippen molar-refractivity contribution >= 4 is 0 Å². The summed E-state index contributed by atoms with van der Waals surface area (Å²) < 4.78 is 2.39. The van der Waals surface area contributed by atoms with Crippen molar-refractivity contribution in [3.63, 3.8) is 0 Å². The Morgan fingerprint density at radius 2 is 1.50 bits per heavy atom. The summed E-state index contributed by atoms with van der Waals surface area (Å²) in [6.07, 6.45) is 2.20. The maximum Gasteiger partial charge on any atom is 0.0759 e. The lowest BCUT2D eigenvalue weighted by Gasteiger charge is -2.37. The van der Waals surface area contributed by atoms with Gasteiger partial charge in [-0.15, -0.1) is 0 Å². The highest BCUT2D eigenvalue weighted by molar-refractivity contribution is 5.30. The molecule has 0 amide bonds. The van der Waals surface area contributed by atoms with E-state index in [1.165, 1.54) is 16.8 Å². The highest BCUT2D eigenvalue weighted by Gasteiger charge is 2.28. The minimum absolute atomic E-state index is 0.338. The predicted octanol–water partition coefficient (Wildman–Crippen LogP) is 4.09. The summed E-state index contributed by atoms with van der Waals surface area (Å²) in [5.74, 6) is 0. The number of hydrogen-bond donors (Lipinski definition) is 0. The van der Waals surface area contributed by atoms with Crippen molar-refractivity contribution in [2.45, 2.75) is 19.1 Å². The molecule has 3 aromatic rings. The molecule has 0 saturated heterocycles. The van der Waals surface area contributed by atoms with E-state index < -0.39 is 0 Å². The number of hydrogen-bond acceptors (Lipinski definition) is 1. The zero-order valence-electron chi connectivity index (χ0n) is 12.6. The van der Waals surface area contributed by atoms with Crippen LogP contribution in [0.15, 0.2) is 79.0 Å². The molecule has 1 atom stereocenters. The van der Waals surface area contributed by atoms with Crippen LogP contribution in [-0.4, -0.2) is 16.0 Å². The van der Waals surface area contributed by atoms with Crippen molar-refractivity contribution in [1.29, 1.82) is 0 Å². The topological polar surface area (TPSA) is 8.17 Å². The quantitative estimate of drug-likeness (QED) is 0.704. The SMILES string of the molecule is c1ccc(CN2CCn3cccc3[C@H]2c2ccccc2)cc1. The van der Waals surface area contributed by atoms with Crippen molar-refractivity contribution in [3.8, 4) is 0 Å². The molecule has 2 heterocycles. The third kappa shape index (κ3) is 2.46. The van der Waals surface area contributed by atoms with E-state index in [-0.39, 0.29) is 0 Å². The van der Waals surface area contributed by atoms with Gasteiger partial charge in [-0.05, 0) is 23.3 Å². The van der Waals surface area contributed by atoms with Gasteiger partial charge in [0, 0.05) is 31.5 Å². The minimum Gasteiger partial charge on any atom is -0.348 e. The van der Waals surface area contributed by atoms with Gasteiger partial charge in [0.1, 0.15) is 0 Å². The van der Waals surface area contributed by atoms with Crippen LogP contribution in [0.2, 0.25) is 0 Å². The molecule has 2 aromatic carbocycles. The van der Waals surface area contributed by atoms with Gasteiger partial charge in [0.15, 0.2) is 0 Å². The molecule has 110 valence electrons. The number of nitrogens with zero attached hydrogens (tertiary/aromatic N) is 2. The van der Waals surface area contributed by atoms with Crippen molar-refractivity contribution in [2.75, 3.05) is 6.54 Å². The van der Waals surface area contributed by atoms with Crippen LogP contribution in [0.3, 0.4) is 0 Å². The Labute approximate surface area is 131 Å². The summed E-state index contributed by atoms with van der Waals surface area (Å²) in [6.45, 7) is 3.14. The molecular formula is C20H20N2. The Morgan fingerprint density at radius 1 is 0.773 bits per heavy atom. The second-order valence-electron chi connectivity index (χ2n) is 5.90. The molecule has 0 N–H and O–H groups in total. The molecular weight excluding hydrogens is 268 g/mol. The molecule has 0 radical (unpaired) electrons. The molecule has 1 aliphatic rings. The zero-order valence-corrected chi connectivity index (χ0v) is 12.6. The lowest BCUT2D eigenvalue weighted by molar-refractivity contribution is 0.174. The highest BCUT2D eigenvalue weighted by Crippen LogP contribution is 2.33. The van der Waals surface area contributed by atoms with Crippen LogP contribution >= 0.6 is 0 Å². The van der Waals surface area contributed by atoms with E-state index in [9.17, 15) is 0 Å². The molecule has 2 heteroatoms. The molecule has 1 aliphatic heterocycles. The van der Waals surface area contributed by atoms with Gasteiger partial charge in [-0.3, -0.25) is 4.90 Å². The fraction of sp³-hybridized carbons (Fsp3) is 0.200. The van der Waals surface area contributed by atoms with Crippen LogP contribution in [0, 0.1) is 0 Å². The lowest BCUT2D eigenvalue weighted by Crippen LogP contribution is -2.37. The van der Waals surface area contributed by atoms with Gasteiger partial charge in [0.2, 0.25) is 0 Å². The maximum absolute atomic E-state index is 2.58. The van der Waals surface area contributed by atoms with Crippen LogP contribution in [0.25, 0.3) is 0 Å². The van der Waals surface area contributed by atoms with Crippen LogP contribution in [0.5, 0.6) is 0 Å². The van der Waals surface area contributed by atoms with E-state index >= 15 is 0 Å². The van der Waals surface area contributed by atoms with Crippen molar-refractivity contribution in [1.82, 2.24) is 9.47 Å². The maximum atomic E-state index is 2.58. The first-order valence-corrected chi connectivity index (χ1v) is 7.90. The first kappa shape index (κ1) is 13.4. The monoisotopic (exact) mass is 288 g/mol. The Morgan fingerprint density at radius 3 is 2.27 bits per heavy atom. The standard InChI is InChI=1S/C20H20N2/c1-3-8-17(9-4-1)16-22-15-14-21-13-7-12-19(21)20(22)18-10-5-2-6-11-18/h1-13,20H,14-16H2/t20-/m1/s1. The van der Waals surface area contributed by atoms with Crippen molar-refractivity contribution in [3.05, 3.63) is 95.8 Å². The summed E-state index contributed by atoms with van der Waals surface area (Å²) >= 11 is 0. The zero-order chi connectivity index (χ0) is 14.8. The molecule has 0 spiro atoms. The number of fused-ring (bicyclic) bond motifs is 1. The molecule has 0 unspecified atom stereocenters. The fourth-order valence-corrected chi connectivity index (χ4v) is 3.44. The van der Waals surface area contributed by atoms with E-state index in [2.05, 4.69) is 88.5 Å². The largest absolute Gasteiger partial charge is 0.348 e. The molecule has 2 nitrogen and oxygen atoms in total. The van der Waals surface area contributed by atoms with Gasteiger partial charge in [-0.1, -0.05) is 60.7 Å². The Hall–Kier alpha value is -2.32. The van der Waals surface area contributed by atoms with Crippen LogP contribution < -0.4 is 0 Å². The predicted molar refractivity (Wildman–Crippen MR) is 89.6 cm³/mol. The first-order chi connectivity index (χ1) is 10.9. The van der Waals surface area contributed by atoms with Gasteiger partial charge in [0.05, 0.1) is 6.04 Å². The number of benzene rings is 2. The minimum atomic E-state index is 0.338. The summed E-state index contributed by atoms with van der Waals surface area (Å²) in [5.41, 5.74) is 4.15. The second-order valence-corrected chi connectivity index (χ2v) is 5.90. The summed E-state index contributed by atoms with van der Waals surface area (Å²) in [4.78, 5) is 2.58. The van der Waals surface area contributed by atoms with Gasteiger partial charge in [-0.2, -0.15) is 0 Å². The number of aromatic nitrogens is 1. The molecule has 0 saturated carbocycles. The van der Waals surface area contributed by atoms with E-state index in [1.807, 2.05) is 0 Å². The fourth-order valence-electron chi connectivity index (χ4n) is 3.44. The summed E-state index contributed by atoms with van der Waals surface area (Å²) in [7, 11) is 0.